The predicted octanol–water partition coefficient (Wildman–Crippen LogP) is 1.82. The number of nitro groups is 1. The molecule has 0 saturated carbocycles. The highest BCUT2D eigenvalue weighted by molar-refractivity contribution is 7.93. The van der Waals surface area contributed by atoms with Crippen molar-refractivity contribution in [3.05, 3.63) is 39.9 Å². The first kappa shape index (κ1) is 15.6. The van der Waals surface area contributed by atoms with Gasteiger partial charge in [0.2, 0.25) is 0 Å². The smallest absolute Gasteiger partial charge is 0.275 e. The Kier molecular flexibility index (Phi) is 5.04. The van der Waals surface area contributed by atoms with Crippen molar-refractivity contribution in [2.45, 2.75) is 23.5 Å². The van der Waals surface area contributed by atoms with Crippen molar-refractivity contribution in [3.8, 4) is 0 Å². The number of Topliss-reactive ketones (excluding diaryl/α,β-unsaturated/α-hetero) is 1. The summed E-state index contributed by atoms with van der Waals surface area (Å²) >= 11 is 0.315. The van der Waals surface area contributed by atoms with E-state index in [2.05, 4.69) is 0 Å². The third-order valence-corrected chi connectivity index (χ3v) is 4.20. The molecule has 0 radical (unpaired) electrons. The predicted molar refractivity (Wildman–Crippen MR) is 69.3 cm³/mol. The second kappa shape index (κ2) is 6.13. The molecule has 1 aromatic rings. The number of carbonyl (C=O) groups excluding carboxylic acids is 1. The molecule has 0 aliphatic rings. The van der Waals surface area contributed by atoms with Gasteiger partial charge in [-0.15, -0.1) is 0 Å². The van der Waals surface area contributed by atoms with Gasteiger partial charge in [0.05, 0.1) is 4.90 Å². The molecule has 0 aliphatic heterocycles. The first-order valence-corrected chi connectivity index (χ1v) is 7.46. The molecule has 1 rings (SSSR count). The molecule has 0 aliphatic carbocycles. The van der Waals surface area contributed by atoms with E-state index in [4.69, 9.17) is 4.55 Å². The maximum atomic E-state index is 11.9. The van der Waals surface area contributed by atoms with Crippen molar-refractivity contribution in [1.29, 1.82) is 0 Å². The SMILES string of the molecule is CCC(C(=O)c1cccc(S[N+](=O)[O-])c1)S(=O)(=O)O. The van der Waals surface area contributed by atoms with Crippen molar-refractivity contribution in [2.24, 2.45) is 0 Å². The summed E-state index contributed by atoms with van der Waals surface area (Å²) in [5.74, 6) is -0.782. The van der Waals surface area contributed by atoms with Crippen LogP contribution in [0, 0.1) is 10.1 Å². The zero-order valence-electron chi connectivity index (χ0n) is 9.85. The summed E-state index contributed by atoms with van der Waals surface area (Å²) in [5.41, 5.74) is 0.0105. The van der Waals surface area contributed by atoms with Crippen LogP contribution in [0.15, 0.2) is 29.2 Å². The maximum absolute atomic E-state index is 11.9. The van der Waals surface area contributed by atoms with Crippen LogP contribution in [-0.4, -0.2) is 28.3 Å². The summed E-state index contributed by atoms with van der Waals surface area (Å²) in [7, 11) is -4.49. The molecule has 7 nitrogen and oxygen atoms in total. The summed E-state index contributed by atoms with van der Waals surface area (Å²) < 4.78 is 30.4. The molecular formula is C10H11NO6S2. The Morgan fingerprint density at radius 3 is 2.63 bits per heavy atom. The molecule has 1 atom stereocenters. The monoisotopic (exact) mass is 305 g/mol. The lowest BCUT2D eigenvalue weighted by atomic mass is 10.1. The molecule has 0 saturated heterocycles. The molecule has 19 heavy (non-hydrogen) atoms. The van der Waals surface area contributed by atoms with E-state index < -0.39 is 25.5 Å². The second-order valence-electron chi connectivity index (χ2n) is 3.62. The Balaban J connectivity index is 3.09. The molecule has 0 amide bonds. The molecule has 1 unspecified atom stereocenters. The van der Waals surface area contributed by atoms with E-state index in [0.29, 0.717) is 11.9 Å². The molecule has 0 fully saturated rings. The number of hydrogen-bond donors (Lipinski definition) is 1. The van der Waals surface area contributed by atoms with Crippen molar-refractivity contribution in [3.63, 3.8) is 0 Å². The molecule has 9 heteroatoms. The van der Waals surface area contributed by atoms with Crippen LogP contribution in [0.5, 0.6) is 0 Å². The lowest BCUT2D eigenvalue weighted by Gasteiger charge is -2.10. The number of ketones is 1. The maximum Gasteiger partial charge on any atom is 0.275 e. The van der Waals surface area contributed by atoms with Gasteiger partial charge >= 0.3 is 0 Å². The van der Waals surface area contributed by atoms with Crippen LogP contribution in [0.4, 0.5) is 0 Å². The fourth-order valence-corrected chi connectivity index (χ4v) is 2.83. The van der Waals surface area contributed by atoms with Crippen LogP contribution in [0.3, 0.4) is 0 Å². The van der Waals surface area contributed by atoms with Crippen LogP contribution >= 0.6 is 11.9 Å². The van der Waals surface area contributed by atoms with E-state index in [0.717, 1.165) is 0 Å². The van der Waals surface area contributed by atoms with Crippen molar-refractivity contribution in [2.75, 3.05) is 0 Å². The minimum Gasteiger partial charge on any atom is -0.293 e. The highest BCUT2D eigenvalue weighted by Gasteiger charge is 2.30. The average Bonchev–Trinajstić information content (AvgIpc) is 2.27. The standard InChI is InChI=1S/C10H11NO6S2/c1-2-9(19(15,16)17)10(12)7-4-3-5-8(6-7)18-11(13)14/h3-6,9H,2H2,1H3,(H,15,16,17). The molecule has 0 spiro atoms. The first-order valence-electron chi connectivity index (χ1n) is 5.18. The van der Waals surface area contributed by atoms with E-state index >= 15 is 0 Å². The highest BCUT2D eigenvalue weighted by atomic mass is 32.2. The molecule has 0 bridgehead atoms. The third kappa shape index (κ3) is 4.30. The van der Waals surface area contributed by atoms with E-state index in [1.165, 1.54) is 31.2 Å². The van der Waals surface area contributed by atoms with E-state index in [1.54, 1.807) is 0 Å². The zero-order valence-corrected chi connectivity index (χ0v) is 11.5. The number of benzene rings is 1. The zero-order chi connectivity index (χ0) is 14.6. The number of carbonyl (C=O) groups is 1. The Hall–Kier alpha value is -1.45. The van der Waals surface area contributed by atoms with Crippen LogP contribution in [0.25, 0.3) is 0 Å². The number of hydrogen-bond acceptors (Lipinski definition) is 6. The molecular weight excluding hydrogens is 294 g/mol. The van der Waals surface area contributed by atoms with Gasteiger partial charge in [0.15, 0.2) is 5.78 Å². The van der Waals surface area contributed by atoms with Gasteiger partial charge in [-0.05, 0) is 18.6 Å². The largest absolute Gasteiger partial charge is 0.293 e. The summed E-state index contributed by atoms with van der Waals surface area (Å²) in [6.07, 6.45) is -0.0791. The first-order chi connectivity index (χ1) is 8.75. The van der Waals surface area contributed by atoms with Gasteiger partial charge < -0.3 is 0 Å². The van der Waals surface area contributed by atoms with Crippen LogP contribution in [0.1, 0.15) is 23.7 Å². The van der Waals surface area contributed by atoms with Gasteiger partial charge in [-0.3, -0.25) is 19.5 Å². The fraction of sp³-hybridized carbons (Fsp3) is 0.300. The lowest BCUT2D eigenvalue weighted by molar-refractivity contribution is -0.284. The summed E-state index contributed by atoms with van der Waals surface area (Å²) in [6.45, 7) is 1.45. The molecule has 1 aromatic carbocycles. The van der Waals surface area contributed by atoms with Gasteiger partial charge in [0.25, 0.3) is 22.1 Å². The van der Waals surface area contributed by atoms with Gasteiger partial charge in [0, 0.05) is 5.56 Å². The van der Waals surface area contributed by atoms with Crippen molar-refractivity contribution < 1.29 is 22.1 Å². The molecule has 104 valence electrons. The Bertz CT molecular complexity index is 598. The summed E-state index contributed by atoms with van der Waals surface area (Å²) in [4.78, 5) is 22.5. The topological polar surface area (TPSA) is 115 Å². The van der Waals surface area contributed by atoms with Crippen LogP contribution in [-0.2, 0) is 10.1 Å². The van der Waals surface area contributed by atoms with Gasteiger partial charge in [-0.2, -0.15) is 8.42 Å². The number of rotatable bonds is 6. The van der Waals surface area contributed by atoms with Crippen LogP contribution < -0.4 is 0 Å². The van der Waals surface area contributed by atoms with E-state index in [-0.39, 0.29) is 16.9 Å². The quantitative estimate of drug-likeness (QED) is 0.280. The Labute approximate surface area is 114 Å². The van der Waals surface area contributed by atoms with Gasteiger partial charge in [-0.25, -0.2) is 0 Å². The average molecular weight is 305 g/mol. The van der Waals surface area contributed by atoms with E-state index in [1.807, 2.05) is 0 Å². The lowest BCUT2D eigenvalue weighted by Crippen LogP contribution is -2.29. The summed E-state index contributed by atoms with van der Waals surface area (Å²) in [5, 5.41) is 8.79. The van der Waals surface area contributed by atoms with Gasteiger partial charge in [0.1, 0.15) is 9.58 Å². The van der Waals surface area contributed by atoms with Crippen molar-refractivity contribution in [1.82, 2.24) is 0 Å². The molecule has 0 aromatic heterocycles. The normalized spacial score (nSPS) is 12.9. The number of nitrogens with zero attached hydrogens (tertiary/aromatic N) is 1. The minimum atomic E-state index is -4.49. The molecule has 0 heterocycles. The molecule has 1 N–H and O–H groups in total. The van der Waals surface area contributed by atoms with Crippen LogP contribution in [0.2, 0.25) is 0 Å². The van der Waals surface area contributed by atoms with Gasteiger partial charge in [-0.1, -0.05) is 19.1 Å². The Morgan fingerprint density at radius 2 is 2.16 bits per heavy atom. The second-order valence-corrected chi connectivity index (χ2v) is 6.17. The van der Waals surface area contributed by atoms with Crippen molar-refractivity contribution >= 4 is 27.8 Å². The third-order valence-electron chi connectivity index (χ3n) is 2.32. The minimum absolute atomic E-state index is 0.0105. The highest BCUT2D eigenvalue weighted by Crippen LogP contribution is 2.21. The van der Waals surface area contributed by atoms with E-state index in [9.17, 15) is 23.3 Å². The summed E-state index contributed by atoms with van der Waals surface area (Å²) in [6, 6.07) is 5.41. The Morgan fingerprint density at radius 1 is 1.53 bits per heavy atom. The fourth-order valence-electron chi connectivity index (χ4n) is 1.51.